The summed E-state index contributed by atoms with van der Waals surface area (Å²) < 4.78 is 7.44. The van der Waals surface area contributed by atoms with E-state index in [2.05, 4.69) is 26.0 Å². The lowest BCUT2D eigenvalue weighted by molar-refractivity contribution is -0.124. The van der Waals surface area contributed by atoms with E-state index in [0.29, 0.717) is 17.1 Å². The molecule has 3 N–H and O–H groups in total. The van der Waals surface area contributed by atoms with Crippen molar-refractivity contribution in [2.45, 2.75) is 51.6 Å². The zero-order valence-electron chi connectivity index (χ0n) is 20.8. The second-order valence-corrected chi connectivity index (χ2v) is 9.15. The van der Waals surface area contributed by atoms with Gasteiger partial charge < -0.3 is 20.4 Å². The fourth-order valence-corrected chi connectivity index (χ4v) is 4.49. The largest absolute Gasteiger partial charge is 0.449 e. The maximum atomic E-state index is 12.9. The smallest absolute Gasteiger partial charge is 0.287 e. The Morgan fingerprint density at radius 2 is 1.89 bits per heavy atom. The summed E-state index contributed by atoms with van der Waals surface area (Å²) in [4.78, 5) is 42.1. The number of hydrogen-bond donors (Lipinski definition) is 3. The van der Waals surface area contributed by atoms with Gasteiger partial charge in [0, 0.05) is 32.5 Å². The normalized spacial score (nSPS) is 14.8. The number of amides is 3. The van der Waals surface area contributed by atoms with Crippen LogP contribution in [0.1, 0.15) is 64.4 Å². The molecule has 0 aromatic carbocycles. The van der Waals surface area contributed by atoms with E-state index in [0.717, 1.165) is 43.4 Å². The third-order valence-electron chi connectivity index (χ3n) is 6.64. The van der Waals surface area contributed by atoms with Gasteiger partial charge in [-0.25, -0.2) is 0 Å². The van der Waals surface area contributed by atoms with Crippen LogP contribution in [0.3, 0.4) is 0 Å². The van der Waals surface area contributed by atoms with E-state index in [1.165, 1.54) is 0 Å². The molecule has 190 valence electrons. The van der Waals surface area contributed by atoms with Gasteiger partial charge in [-0.2, -0.15) is 5.10 Å². The molecule has 10 nitrogen and oxygen atoms in total. The Labute approximate surface area is 209 Å². The lowest BCUT2D eigenvalue weighted by Crippen LogP contribution is -2.50. The molecular formula is C26H32N6O4. The number of nitrogens with zero attached hydrogens (tertiary/aromatic N) is 3. The lowest BCUT2D eigenvalue weighted by atomic mass is 9.83. The summed E-state index contributed by atoms with van der Waals surface area (Å²) in [6.07, 6.45) is 6.72. The van der Waals surface area contributed by atoms with E-state index in [9.17, 15) is 14.4 Å². The van der Waals surface area contributed by atoms with Crippen molar-refractivity contribution in [3.63, 3.8) is 0 Å². The summed E-state index contributed by atoms with van der Waals surface area (Å²) in [5.74, 6) is -0.254. The van der Waals surface area contributed by atoms with Crippen LogP contribution >= 0.6 is 0 Å². The first kappa shape index (κ1) is 25.2. The van der Waals surface area contributed by atoms with Gasteiger partial charge in [0.1, 0.15) is 17.4 Å². The van der Waals surface area contributed by atoms with Gasteiger partial charge in [0.15, 0.2) is 11.5 Å². The molecule has 0 bridgehead atoms. The highest BCUT2D eigenvalue weighted by Crippen LogP contribution is 2.27. The van der Waals surface area contributed by atoms with E-state index in [1.807, 2.05) is 6.92 Å². The molecule has 0 aliphatic heterocycles. The minimum Gasteiger partial charge on any atom is -0.449 e. The standard InChI is InChI=1S/C26H32N6O4/c1-16-13-20(31-32(16)3)24(33)29-15-17-11-12-28-19(14-17)21-9-10-22(36-21)25(34)30-23(26(35)27-2)18-7-5-4-6-8-18/h9-14,18,23H,4-8,15H2,1-3H3,(H,27,35)(H,29,33)(H,30,34)/t23-/m0/s1. The summed E-state index contributed by atoms with van der Waals surface area (Å²) in [5, 5.41) is 12.6. The van der Waals surface area contributed by atoms with Crippen molar-refractivity contribution < 1.29 is 18.8 Å². The number of rotatable bonds is 8. The molecule has 10 heteroatoms. The monoisotopic (exact) mass is 492 g/mol. The lowest BCUT2D eigenvalue weighted by Gasteiger charge is -2.29. The second-order valence-electron chi connectivity index (χ2n) is 9.15. The number of hydrogen-bond acceptors (Lipinski definition) is 6. The van der Waals surface area contributed by atoms with Gasteiger partial charge in [-0.1, -0.05) is 19.3 Å². The molecule has 3 aromatic heterocycles. The van der Waals surface area contributed by atoms with Gasteiger partial charge in [0.25, 0.3) is 11.8 Å². The Kier molecular flexibility index (Phi) is 7.82. The Balaban J connectivity index is 1.41. The average Bonchev–Trinajstić information content (AvgIpc) is 3.53. The number of carbonyl (C=O) groups excluding carboxylic acids is 3. The van der Waals surface area contributed by atoms with Crippen LogP contribution in [-0.2, 0) is 18.4 Å². The van der Waals surface area contributed by atoms with Crippen molar-refractivity contribution in [3.05, 3.63) is 59.2 Å². The van der Waals surface area contributed by atoms with Crippen LogP contribution in [0, 0.1) is 12.8 Å². The van der Waals surface area contributed by atoms with Gasteiger partial charge in [-0.15, -0.1) is 0 Å². The van der Waals surface area contributed by atoms with Crippen LogP contribution in [0.25, 0.3) is 11.5 Å². The molecule has 1 atom stereocenters. The number of aryl methyl sites for hydroxylation is 2. The highest BCUT2D eigenvalue weighted by molar-refractivity contribution is 5.96. The molecule has 0 spiro atoms. The van der Waals surface area contributed by atoms with Crippen LogP contribution in [0.2, 0.25) is 0 Å². The van der Waals surface area contributed by atoms with Crippen molar-refractivity contribution >= 4 is 17.7 Å². The molecule has 1 fully saturated rings. The zero-order valence-corrected chi connectivity index (χ0v) is 20.8. The SMILES string of the molecule is CNC(=O)[C@@H](NC(=O)c1ccc(-c2cc(CNC(=O)c3cc(C)n(C)n3)ccn2)o1)C1CCCCC1. The third kappa shape index (κ3) is 5.81. The van der Waals surface area contributed by atoms with E-state index in [1.54, 1.807) is 55.3 Å². The quantitative estimate of drug-likeness (QED) is 0.443. The predicted octanol–water partition coefficient (Wildman–Crippen LogP) is 2.74. The highest BCUT2D eigenvalue weighted by atomic mass is 16.4. The van der Waals surface area contributed by atoms with Crippen LogP contribution < -0.4 is 16.0 Å². The second kappa shape index (κ2) is 11.2. The molecule has 3 aromatic rings. The minimum atomic E-state index is -0.593. The number of nitrogens with one attached hydrogen (secondary N) is 3. The average molecular weight is 493 g/mol. The van der Waals surface area contributed by atoms with Gasteiger partial charge in [0.05, 0.1) is 0 Å². The maximum absolute atomic E-state index is 12.9. The maximum Gasteiger partial charge on any atom is 0.287 e. The van der Waals surface area contributed by atoms with Crippen molar-refractivity contribution in [3.8, 4) is 11.5 Å². The molecule has 3 heterocycles. The number of aromatic nitrogens is 3. The molecular weight excluding hydrogens is 460 g/mol. The van der Waals surface area contributed by atoms with Gasteiger partial charge in [-0.3, -0.25) is 24.0 Å². The first-order valence-corrected chi connectivity index (χ1v) is 12.2. The summed E-state index contributed by atoms with van der Waals surface area (Å²) in [7, 11) is 3.36. The molecule has 0 unspecified atom stereocenters. The minimum absolute atomic E-state index is 0.112. The van der Waals surface area contributed by atoms with Crippen molar-refractivity contribution in [1.29, 1.82) is 0 Å². The molecule has 1 aliphatic rings. The van der Waals surface area contributed by atoms with Crippen molar-refractivity contribution in [2.75, 3.05) is 7.05 Å². The van der Waals surface area contributed by atoms with E-state index in [-0.39, 0.29) is 30.0 Å². The van der Waals surface area contributed by atoms with E-state index < -0.39 is 11.9 Å². The van der Waals surface area contributed by atoms with Crippen LogP contribution in [0.15, 0.2) is 40.9 Å². The third-order valence-corrected chi connectivity index (χ3v) is 6.64. The zero-order chi connectivity index (χ0) is 25.7. The number of furan rings is 1. The Hall–Kier alpha value is -3.95. The van der Waals surface area contributed by atoms with Crippen molar-refractivity contribution in [2.24, 2.45) is 13.0 Å². The molecule has 1 aliphatic carbocycles. The van der Waals surface area contributed by atoms with Crippen LogP contribution in [-0.4, -0.2) is 45.6 Å². The molecule has 3 amide bonds. The number of likely N-dealkylation sites (N-methyl/N-ethyl adjacent to an activating group) is 1. The van der Waals surface area contributed by atoms with E-state index in [4.69, 9.17) is 4.42 Å². The van der Waals surface area contributed by atoms with Gasteiger partial charge in [-0.05, 0) is 61.6 Å². The molecule has 0 radical (unpaired) electrons. The topological polar surface area (TPSA) is 131 Å². The fraction of sp³-hybridized carbons (Fsp3) is 0.423. The van der Waals surface area contributed by atoms with Crippen LogP contribution in [0.4, 0.5) is 0 Å². The Morgan fingerprint density at radius 3 is 2.58 bits per heavy atom. The Bertz CT molecular complexity index is 1220. The van der Waals surface area contributed by atoms with Gasteiger partial charge >= 0.3 is 0 Å². The first-order chi connectivity index (χ1) is 17.4. The molecule has 36 heavy (non-hydrogen) atoms. The number of carbonyl (C=O) groups is 3. The highest BCUT2D eigenvalue weighted by Gasteiger charge is 2.31. The molecule has 1 saturated carbocycles. The Morgan fingerprint density at radius 1 is 1.11 bits per heavy atom. The van der Waals surface area contributed by atoms with Crippen LogP contribution in [0.5, 0.6) is 0 Å². The fourth-order valence-electron chi connectivity index (χ4n) is 4.49. The van der Waals surface area contributed by atoms with Gasteiger partial charge in [0.2, 0.25) is 5.91 Å². The summed E-state index contributed by atoms with van der Waals surface area (Å²) in [6.45, 7) is 2.17. The predicted molar refractivity (Wildman–Crippen MR) is 133 cm³/mol. The number of pyridine rings is 1. The molecule has 0 saturated heterocycles. The first-order valence-electron chi connectivity index (χ1n) is 12.2. The summed E-state index contributed by atoms with van der Waals surface area (Å²) in [6, 6.07) is 7.97. The summed E-state index contributed by atoms with van der Waals surface area (Å²) in [5.41, 5.74) is 2.60. The summed E-state index contributed by atoms with van der Waals surface area (Å²) >= 11 is 0. The molecule has 4 rings (SSSR count). The van der Waals surface area contributed by atoms with Crippen molar-refractivity contribution in [1.82, 2.24) is 30.7 Å². The van der Waals surface area contributed by atoms with E-state index >= 15 is 0 Å².